The van der Waals surface area contributed by atoms with Crippen molar-refractivity contribution in [3.8, 4) is 11.8 Å². The maximum absolute atomic E-state index is 12.2. The van der Waals surface area contributed by atoms with Gasteiger partial charge in [-0.25, -0.2) is 13.8 Å². The van der Waals surface area contributed by atoms with Crippen LogP contribution in [0.2, 0.25) is 0 Å². The first-order valence-electron chi connectivity index (χ1n) is 6.24. The van der Waals surface area contributed by atoms with Gasteiger partial charge in [0.25, 0.3) is 6.43 Å². The number of halogens is 2. The summed E-state index contributed by atoms with van der Waals surface area (Å²) in [5.41, 5.74) is 1.70. The van der Waals surface area contributed by atoms with Gasteiger partial charge in [-0.15, -0.1) is 0 Å². The zero-order chi connectivity index (χ0) is 15.2. The predicted molar refractivity (Wildman–Crippen MR) is 74.9 cm³/mol. The summed E-state index contributed by atoms with van der Waals surface area (Å²) in [5.74, 6) is 0.884. The van der Waals surface area contributed by atoms with Crippen molar-refractivity contribution >= 4 is 11.5 Å². The van der Waals surface area contributed by atoms with Crippen LogP contribution in [0.4, 0.5) is 20.3 Å². The van der Waals surface area contributed by atoms with Crippen molar-refractivity contribution in [3.05, 3.63) is 47.7 Å². The third kappa shape index (κ3) is 4.14. The van der Waals surface area contributed by atoms with Crippen molar-refractivity contribution in [1.29, 1.82) is 5.26 Å². The van der Waals surface area contributed by atoms with E-state index in [0.29, 0.717) is 22.9 Å². The number of pyridine rings is 1. The third-order valence-corrected chi connectivity index (χ3v) is 2.69. The van der Waals surface area contributed by atoms with Gasteiger partial charge in [0.05, 0.1) is 0 Å². The number of ether oxygens (including phenoxy) is 1. The minimum atomic E-state index is -2.52. The van der Waals surface area contributed by atoms with E-state index in [1.165, 1.54) is 0 Å². The second-order valence-corrected chi connectivity index (χ2v) is 4.33. The van der Waals surface area contributed by atoms with Crippen molar-refractivity contribution in [1.82, 2.24) is 4.98 Å². The Bertz CT molecular complexity index is 668. The first-order chi connectivity index (χ1) is 10.1. The van der Waals surface area contributed by atoms with Gasteiger partial charge >= 0.3 is 0 Å². The summed E-state index contributed by atoms with van der Waals surface area (Å²) in [5, 5.41) is 11.8. The van der Waals surface area contributed by atoms with Crippen LogP contribution in [0.5, 0.6) is 5.75 Å². The number of nitrogens with one attached hydrogen (secondary N) is 1. The smallest absolute Gasteiger partial charge is 0.272 e. The van der Waals surface area contributed by atoms with E-state index >= 15 is 0 Å². The topological polar surface area (TPSA) is 57.9 Å². The molecule has 0 fully saturated rings. The Kier molecular flexibility index (Phi) is 4.67. The molecule has 0 saturated heterocycles. The van der Waals surface area contributed by atoms with Crippen LogP contribution in [-0.2, 0) is 0 Å². The van der Waals surface area contributed by atoms with Crippen LogP contribution in [0.3, 0.4) is 0 Å². The van der Waals surface area contributed by atoms with Gasteiger partial charge in [0.2, 0.25) is 0 Å². The standard InChI is InChI=1S/C15H13F2N3O/c1-10-5-6-11(7-13(10)21-9-14(16)17)19-15-4-2-3-12(8-18)20-15/h2-7,14H,9H2,1H3,(H,19,20). The number of hydrogen-bond donors (Lipinski definition) is 1. The average molecular weight is 289 g/mol. The van der Waals surface area contributed by atoms with Crippen LogP contribution in [0.15, 0.2) is 36.4 Å². The van der Waals surface area contributed by atoms with Crippen molar-refractivity contribution in [3.63, 3.8) is 0 Å². The fourth-order valence-corrected chi connectivity index (χ4v) is 1.70. The molecule has 2 rings (SSSR count). The van der Waals surface area contributed by atoms with Crippen molar-refractivity contribution in [2.45, 2.75) is 13.3 Å². The molecule has 1 aromatic heterocycles. The lowest BCUT2D eigenvalue weighted by atomic mass is 10.2. The van der Waals surface area contributed by atoms with E-state index < -0.39 is 13.0 Å². The zero-order valence-corrected chi connectivity index (χ0v) is 11.3. The lowest BCUT2D eigenvalue weighted by Gasteiger charge is -2.12. The Morgan fingerprint density at radius 3 is 2.86 bits per heavy atom. The highest BCUT2D eigenvalue weighted by atomic mass is 19.3. The van der Waals surface area contributed by atoms with Crippen LogP contribution >= 0.6 is 0 Å². The van der Waals surface area contributed by atoms with E-state index in [1.807, 2.05) is 6.07 Å². The Balaban J connectivity index is 2.16. The molecule has 0 saturated carbocycles. The summed E-state index contributed by atoms with van der Waals surface area (Å²) < 4.78 is 29.5. The molecule has 0 aliphatic rings. The number of anilines is 2. The molecular weight excluding hydrogens is 276 g/mol. The predicted octanol–water partition coefficient (Wildman–Crippen LogP) is 3.65. The maximum atomic E-state index is 12.2. The number of nitrogens with zero attached hydrogens (tertiary/aromatic N) is 2. The summed E-state index contributed by atoms with van der Waals surface area (Å²) in [6, 6.07) is 12.1. The normalized spacial score (nSPS) is 10.2. The first kappa shape index (κ1) is 14.7. The van der Waals surface area contributed by atoms with Crippen molar-refractivity contribution in [2.75, 3.05) is 11.9 Å². The minimum Gasteiger partial charge on any atom is -0.487 e. The monoisotopic (exact) mass is 289 g/mol. The molecule has 1 N–H and O–H groups in total. The summed E-state index contributed by atoms with van der Waals surface area (Å²) >= 11 is 0. The Labute approximate surface area is 121 Å². The lowest BCUT2D eigenvalue weighted by molar-refractivity contribution is 0.0816. The lowest BCUT2D eigenvalue weighted by Crippen LogP contribution is -2.08. The van der Waals surface area contributed by atoms with Crippen LogP contribution in [0.25, 0.3) is 0 Å². The highest BCUT2D eigenvalue weighted by molar-refractivity contribution is 5.60. The number of alkyl halides is 2. The largest absolute Gasteiger partial charge is 0.487 e. The summed E-state index contributed by atoms with van der Waals surface area (Å²) in [4.78, 5) is 4.08. The summed E-state index contributed by atoms with van der Waals surface area (Å²) in [6.07, 6.45) is -2.52. The highest BCUT2D eigenvalue weighted by Crippen LogP contribution is 2.25. The number of hydrogen-bond acceptors (Lipinski definition) is 4. The van der Waals surface area contributed by atoms with Gasteiger partial charge < -0.3 is 10.1 Å². The number of aryl methyl sites for hydroxylation is 1. The average Bonchev–Trinajstić information content (AvgIpc) is 2.48. The molecule has 6 heteroatoms. The maximum Gasteiger partial charge on any atom is 0.272 e. The van der Waals surface area contributed by atoms with Gasteiger partial charge in [0, 0.05) is 11.8 Å². The van der Waals surface area contributed by atoms with Crippen LogP contribution in [0, 0.1) is 18.3 Å². The molecular formula is C15H13F2N3O. The van der Waals surface area contributed by atoms with E-state index in [4.69, 9.17) is 10.00 Å². The number of benzene rings is 1. The molecule has 0 unspecified atom stereocenters. The van der Waals surface area contributed by atoms with Crippen LogP contribution in [0.1, 0.15) is 11.3 Å². The molecule has 0 atom stereocenters. The van der Waals surface area contributed by atoms with Gasteiger partial charge in [0.1, 0.15) is 29.9 Å². The van der Waals surface area contributed by atoms with E-state index in [1.54, 1.807) is 43.3 Å². The second kappa shape index (κ2) is 6.66. The molecule has 2 aromatic rings. The van der Waals surface area contributed by atoms with Gasteiger partial charge in [-0.2, -0.15) is 5.26 Å². The Morgan fingerprint density at radius 1 is 1.33 bits per heavy atom. The molecule has 108 valence electrons. The SMILES string of the molecule is Cc1ccc(Nc2cccc(C#N)n2)cc1OCC(F)F. The summed E-state index contributed by atoms with van der Waals surface area (Å²) in [6.45, 7) is 1.13. The van der Waals surface area contributed by atoms with Gasteiger partial charge in [-0.1, -0.05) is 12.1 Å². The zero-order valence-electron chi connectivity index (χ0n) is 11.3. The second-order valence-electron chi connectivity index (χ2n) is 4.33. The molecule has 1 aromatic carbocycles. The molecule has 21 heavy (non-hydrogen) atoms. The number of aromatic nitrogens is 1. The fraction of sp³-hybridized carbons (Fsp3) is 0.200. The van der Waals surface area contributed by atoms with Gasteiger partial charge in [-0.3, -0.25) is 0 Å². The third-order valence-electron chi connectivity index (χ3n) is 2.69. The van der Waals surface area contributed by atoms with Crippen LogP contribution < -0.4 is 10.1 Å². The fourth-order valence-electron chi connectivity index (χ4n) is 1.70. The Hall–Kier alpha value is -2.68. The molecule has 0 amide bonds. The Morgan fingerprint density at radius 2 is 2.14 bits per heavy atom. The van der Waals surface area contributed by atoms with E-state index in [2.05, 4.69) is 10.3 Å². The molecule has 0 bridgehead atoms. The first-order valence-corrected chi connectivity index (χ1v) is 6.24. The number of rotatable bonds is 5. The van der Waals surface area contributed by atoms with Crippen LogP contribution in [-0.4, -0.2) is 18.0 Å². The number of nitriles is 1. The molecule has 4 nitrogen and oxygen atoms in total. The van der Waals surface area contributed by atoms with E-state index in [0.717, 1.165) is 5.56 Å². The summed E-state index contributed by atoms with van der Waals surface area (Å²) in [7, 11) is 0. The van der Waals surface area contributed by atoms with Gasteiger partial charge in [-0.05, 0) is 30.7 Å². The van der Waals surface area contributed by atoms with E-state index in [-0.39, 0.29) is 0 Å². The molecule has 0 aliphatic heterocycles. The molecule has 0 radical (unpaired) electrons. The quantitative estimate of drug-likeness (QED) is 0.912. The molecule has 0 spiro atoms. The minimum absolute atomic E-state index is 0.293. The van der Waals surface area contributed by atoms with Crippen molar-refractivity contribution in [2.24, 2.45) is 0 Å². The van der Waals surface area contributed by atoms with Crippen molar-refractivity contribution < 1.29 is 13.5 Å². The van der Waals surface area contributed by atoms with Gasteiger partial charge in [0.15, 0.2) is 0 Å². The molecule has 1 heterocycles. The highest BCUT2D eigenvalue weighted by Gasteiger charge is 2.07. The molecule has 0 aliphatic carbocycles. The van der Waals surface area contributed by atoms with E-state index in [9.17, 15) is 8.78 Å².